The summed E-state index contributed by atoms with van der Waals surface area (Å²) < 4.78 is 0. The van der Waals surface area contributed by atoms with Gasteiger partial charge in [-0.2, -0.15) is 0 Å². The molecule has 0 spiro atoms. The Balaban J connectivity index is 1.61. The summed E-state index contributed by atoms with van der Waals surface area (Å²) in [7, 11) is 0. The standard InChI is InChI=1S/C23H32N2/c1-3-24-16-9-5-6-10-17-25(4-2)23-15-11-14-21-20-13-8-7-12-19(20)18-22(21)23/h7-8,11-15,24H,3-6,9-10,16-18H2,1-2H3. The molecule has 2 aromatic carbocycles. The molecule has 0 unspecified atom stereocenters. The lowest BCUT2D eigenvalue weighted by atomic mass is 10.0. The average molecular weight is 337 g/mol. The maximum absolute atomic E-state index is 3.41. The van der Waals surface area contributed by atoms with Gasteiger partial charge < -0.3 is 10.2 Å². The number of anilines is 1. The highest BCUT2D eigenvalue weighted by Gasteiger charge is 2.22. The molecule has 0 amide bonds. The van der Waals surface area contributed by atoms with E-state index in [0.717, 1.165) is 19.5 Å². The van der Waals surface area contributed by atoms with E-state index in [0.29, 0.717) is 0 Å². The smallest absolute Gasteiger partial charge is 0.0408 e. The van der Waals surface area contributed by atoms with Gasteiger partial charge in [0.05, 0.1) is 0 Å². The molecule has 1 N–H and O–H groups in total. The van der Waals surface area contributed by atoms with Crippen LogP contribution in [0.25, 0.3) is 11.1 Å². The van der Waals surface area contributed by atoms with Crippen LogP contribution in [0, 0.1) is 0 Å². The molecule has 0 bridgehead atoms. The number of hydrogen-bond donors (Lipinski definition) is 1. The van der Waals surface area contributed by atoms with E-state index in [-0.39, 0.29) is 0 Å². The molecule has 0 aromatic heterocycles. The molecular weight excluding hydrogens is 304 g/mol. The first-order valence-corrected chi connectivity index (χ1v) is 10.0. The summed E-state index contributed by atoms with van der Waals surface area (Å²) in [5, 5.41) is 3.41. The van der Waals surface area contributed by atoms with Crippen LogP contribution < -0.4 is 10.2 Å². The Labute approximate surface area is 153 Å². The van der Waals surface area contributed by atoms with Gasteiger partial charge in [-0.15, -0.1) is 0 Å². The quantitative estimate of drug-likeness (QED) is 0.508. The zero-order chi connectivity index (χ0) is 17.5. The molecule has 0 heterocycles. The Morgan fingerprint density at radius 1 is 0.880 bits per heavy atom. The molecule has 1 aliphatic carbocycles. The van der Waals surface area contributed by atoms with Crippen LogP contribution >= 0.6 is 0 Å². The fourth-order valence-corrected chi connectivity index (χ4v) is 3.97. The zero-order valence-corrected chi connectivity index (χ0v) is 15.9. The van der Waals surface area contributed by atoms with Gasteiger partial charge in [-0.3, -0.25) is 0 Å². The van der Waals surface area contributed by atoms with Gasteiger partial charge in [0.15, 0.2) is 0 Å². The topological polar surface area (TPSA) is 15.3 Å². The summed E-state index contributed by atoms with van der Waals surface area (Å²) >= 11 is 0. The fraction of sp³-hybridized carbons (Fsp3) is 0.478. The predicted molar refractivity (Wildman–Crippen MR) is 110 cm³/mol. The molecule has 0 fully saturated rings. The third kappa shape index (κ3) is 4.24. The Morgan fingerprint density at radius 2 is 1.68 bits per heavy atom. The van der Waals surface area contributed by atoms with E-state index in [2.05, 4.69) is 66.5 Å². The van der Waals surface area contributed by atoms with E-state index in [1.54, 1.807) is 0 Å². The third-order valence-electron chi connectivity index (χ3n) is 5.33. The molecule has 25 heavy (non-hydrogen) atoms. The molecule has 0 saturated carbocycles. The first-order valence-electron chi connectivity index (χ1n) is 10.0. The van der Waals surface area contributed by atoms with Gasteiger partial charge in [-0.1, -0.05) is 56.2 Å². The van der Waals surface area contributed by atoms with Crippen molar-refractivity contribution < 1.29 is 0 Å². The molecule has 2 nitrogen and oxygen atoms in total. The van der Waals surface area contributed by atoms with E-state index in [4.69, 9.17) is 0 Å². The second kappa shape index (κ2) is 9.05. The number of hydrogen-bond acceptors (Lipinski definition) is 2. The second-order valence-electron chi connectivity index (χ2n) is 6.98. The van der Waals surface area contributed by atoms with Crippen molar-refractivity contribution in [3.8, 4) is 11.1 Å². The van der Waals surface area contributed by atoms with Gasteiger partial charge in [0.25, 0.3) is 0 Å². The number of fused-ring (bicyclic) bond motifs is 3. The van der Waals surface area contributed by atoms with Crippen molar-refractivity contribution in [2.45, 2.75) is 46.0 Å². The van der Waals surface area contributed by atoms with Crippen LogP contribution in [0.1, 0.15) is 50.7 Å². The number of nitrogens with zero attached hydrogens (tertiary/aromatic N) is 1. The highest BCUT2D eigenvalue weighted by atomic mass is 15.1. The minimum absolute atomic E-state index is 1.08. The van der Waals surface area contributed by atoms with Crippen molar-refractivity contribution in [2.75, 3.05) is 31.1 Å². The lowest BCUT2D eigenvalue weighted by molar-refractivity contribution is 0.593. The number of benzene rings is 2. The Morgan fingerprint density at radius 3 is 2.52 bits per heavy atom. The molecule has 2 heteroatoms. The molecular formula is C23H32N2. The van der Waals surface area contributed by atoms with E-state index in [1.165, 1.54) is 66.7 Å². The fourth-order valence-electron chi connectivity index (χ4n) is 3.97. The number of nitrogens with one attached hydrogen (secondary N) is 1. The molecule has 1 aliphatic rings. The van der Waals surface area contributed by atoms with E-state index < -0.39 is 0 Å². The number of unbranched alkanes of at least 4 members (excludes halogenated alkanes) is 3. The van der Waals surface area contributed by atoms with Crippen molar-refractivity contribution in [1.82, 2.24) is 5.32 Å². The summed E-state index contributed by atoms with van der Waals surface area (Å²) in [5.41, 5.74) is 7.32. The SMILES string of the molecule is CCNCCCCCCN(CC)c1cccc2c1Cc1ccccc1-2. The van der Waals surface area contributed by atoms with Crippen molar-refractivity contribution >= 4 is 5.69 Å². The van der Waals surface area contributed by atoms with Gasteiger partial charge in [-0.25, -0.2) is 0 Å². The van der Waals surface area contributed by atoms with Gasteiger partial charge in [-0.05, 0) is 61.2 Å². The van der Waals surface area contributed by atoms with Crippen molar-refractivity contribution in [1.29, 1.82) is 0 Å². The molecule has 0 radical (unpaired) electrons. The minimum Gasteiger partial charge on any atom is -0.372 e. The summed E-state index contributed by atoms with van der Waals surface area (Å²) in [6, 6.07) is 15.7. The minimum atomic E-state index is 1.08. The first kappa shape index (κ1) is 18.0. The van der Waals surface area contributed by atoms with Crippen molar-refractivity contribution in [3.05, 3.63) is 53.6 Å². The van der Waals surface area contributed by atoms with Crippen LogP contribution in [0.5, 0.6) is 0 Å². The molecule has 0 aliphatic heterocycles. The lowest BCUT2D eigenvalue weighted by Crippen LogP contribution is -2.25. The van der Waals surface area contributed by atoms with Crippen molar-refractivity contribution in [3.63, 3.8) is 0 Å². The van der Waals surface area contributed by atoms with Crippen LogP contribution in [-0.4, -0.2) is 26.2 Å². The molecule has 134 valence electrons. The summed E-state index contributed by atoms with van der Waals surface area (Å²) in [5.74, 6) is 0. The Bertz CT molecular complexity index is 678. The molecule has 0 atom stereocenters. The average Bonchev–Trinajstić information content (AvgIpc) is 3.03. The van der Waals surface area contributed by atoms with Gasteiger partial charge in [0.1, 0.15) is 0 Å². The maximum atomic E-state index is 3.41. The van der Waals surface area contributed by atoms with Crippen LogP contribution in [0.2, 0.25) is 0 Å². The second-order valence-corrected chi connectivity index (χ2v) is 6.98. The Kier molecular flexibility index (Phi) is 6.52. The Hall–Kier alpha value is -1.80. The van der Waals surface area contributed by atoms with E-state index in [1.807, 2.05) is 0 Å². The van der Waals surface area contributed by atoms with E-state index >= 15 is 0 Å². The largest absolute Gasteiger partial charge is 0.372 e. The number of rotatable bonds is 10. The zero-order valence-electron chi connectivity index (χ0n) is 15.9. The summed E-state index contributed by atoms with van der Waals surface area (Å²) in [6.45, 7) is 8.97. The third-order valence-corrected chi connectivity index (χ3v) is 5.33. The van der Waals surface area contributed by atoms with Crippen LogP contribution in [0.4, 0.5) is 5.69 Å². The summed E-state index contributed by atoms with van der Waals surface area (Å²) in [6.07, 6.45) is 6.34. The van der Waals surface area contributed by atoms with Crippen LogP contribution in [0.15, 0.2) is 42.5 Å². The van der Waals surface area contributed by atoms with E-state index in [9.17, 15) is 0 Å². The van der Waals surface area contributed by atoms with Crippen LogP contribution in [0.3, 0.4) is 0 Å². The highest BCUT2D eigenvalue weighted by Crippen LogP contribution is 2.41. The van der Waals surface area contributed by atoms with Gasteiger partial charge in [0.2, 0.25) is 0 Å². The first-order chi connectivity index (χ1) is 12.3. The maximum Gasteiger partial charge on any atom is 0.0408 e. The highest BCUT2D eigenvalue weighted by molar-refractivity contribution is 5.82. The normalized spacial score (nSPS) is 12.1. The van der Waals surface area contributed by atoms with Gasteiger partial charge in [0, 0.05) is 25.2 Å². The van der Waals surface area contributed by atoms with Gasteiger partial charge >= 0.3 is 0 Å². The summed E-state index contributed by atoms with van der Waals surface area (Å²) in [4.78, 5) is 2.58. The molecule has 2 aromatic rings. The monoisotopic (exact) mass is 336 g/mol. The predicted octanol–water partition coefficient (Wildman–Crippen LogP) is 5.25. The van der Waals surface area contributed by atoms with Crippen LogP contribution in [-0.2, 0) is 6.42 Å². The molecule has 3 rings (SSSR count). The molecule has 0 saturated heterocycles. The van der Waals surface area contributed by atoms with Crippen molar-refractivity contribution in [2.24, 2.45) is 0 Å². The lowest BCUT2D eigenvalue weighted by Gasteiger charge is -2.26.